The molecule has 0 bridgehead atoms. The summed E-state index contributed by atoms with van der Waals surface area (Å²) < 4.78 is 21.9. The summed E-state index contributed by atoms with van der Waals surface area (Å²) in [5.41, 5.74) is 1.26. The molecule has 1 atom stereocenters. The van der Waals surface area contributed by atoms with Crippen molar-refractivity contribution in [1.29, 1.82) is 0 Å². The molecule has 1 saturated heterocycles. The molecule has 0 radical (unpaired) electrons. The molecular weight excluding hydrogens is 278 g/mol. The Morgan fingerprint density at radius 1 is 1.40 bits per heavy atom. The number of amides is 1. The number of nitrogens with one attached hydrogen (secondary N) is 2. The Balaban J connectivity index is 1.94. The van der Waals surface area contributed by atoms with Crippen LogP contribution in [0.2, 0.25) is 0 Å². The van der Waals surface area contributed by atoms with E-state index < -0.39 is 10.0 Å². The first-order valence-electron chi connectivity index (χ1n) is 6.46. The third kappa shape index (κ3) is 4.03. The summed E-state index contributed by atoms with van der Waals surface area (Å²) in [6.45, 7) is 3.67. The van der Waals surface area contributed by atoms with Crippen molar-refractivity contribution < 1.29 is 13.2 Å². The number of carbonyl (C=O) groups excluding carboxylic acids is 1. The van der Waals surface area contributed by atoms with Gasteiger partial charge in [-0.15, -0.1) is 0 Å². The van der Waals surface area contributed by atoms with Crippen molar-refractivity contribution in [3.8, 4) is 0 Å². The second kappa shape index (κ2) is 5.90. The first kappa shape index (κ1) is 15.0. The van der Waals surface area contributed by atoms with Crippen LogP contribution >= 0.6 is 0 Å². The molecule has 1 fully saturated rings. The van der Waals surface area contributed by atoms with E-state index in [1.165, 1.54) is 0 Å². The fourth-order valence-electron chi connectivity index (χ4n) is 2.05. The van der Waals surface area contributed by atoms with Crippen molar-refractivity contribution in [3.63, 3.8) is 0 Å². The van der Waals surface area contributed by atoms with Crippen LogP contribution in [0.1, 0.15) is 12.5 Å². The van der Waals surface area contributed by atoms with E-state index in [2.05, 4.69) is 10.6 Å². The van der Waals surface area contributed by atoms with Gasteiger partial charge in [-0.25, -0.2) is 13.6 Å². The zero-order valence-corrected chi connectivity index (χ0v) is 12.1. The van der Waals surface area contributed by atoms with Crippen molar-refractivity contribution in [3.05, 3.63) is 29.8 Å². The average Bonchev–Trinajstić information content (AvgIpc) is 2.27. The molecular formula is C13H19N3O3S. The van der Waals surface area contributed by atoms with Gasteiger partial charge in [-0.1, -0.05) is 19.1 Å². The minimum Gasteiger partial charge on any atom is -0.326 e. The maximum atomic E-state index is 12.0. The molecule has 4 N–H and O–H groups in total. The Hall–Kier alpha value is -1.44. The molecule has 0 aliphatic carbocycles. The van der Waals surface area contributed by atoms with Crippen LogP contribution in [0, 0.1) is 11.8 Å². The highest BCUT2D eigenvalue weighted by Crippen LogP contribution is 2.18. The molecule has 7 heteroatoms. The quantitative estimate of drug-likeness (QED) is 0.726. The minimum atomic E-state index is -3.53. The monoisotopic (exact) mass is 297 g/mol. The zero-order chi connectivity index (χ0) is 14.8. The Bertz CT molecular complexity index is 579. The SMILES string of the molecule is CC(C(=O)Nc1ccc(CS(N)(=O)=O)cc1)C1CNC1. The molecule has 20 heavy (non-hydrogen) atoms. The van der Waals surface area contributed by atoms with Crippen LogP contribution in [0.25, 0.3) is 0 Å². The molecule has 1 aliphatic rings. The molecule has 1 heterocycles. The van der Waals surface area contributed by atoms with Gasteiger partial charge in [0, 0.05) is 11.6 Å². The highest BCUT2D eigenvalue weighted by Gasteiger charge is 2.28. The van der Waals surface area contributed by atoms with Crippen molar-refractivity contribution >= 4 is 21.6 Å². The third-order valence-corrected chi connectivity index (χ3v) is 4.26. The van der Waals surface area contributed by atoms with E-state index in [9.17, 15) is 13.2 Å². The highest BCUT2D eigenvalue weighted by atomic mass is 32.2. The Morgan fingerprint density at radius 3 is 2.45 bits per heavy atom. The summed E-state index contributed by atoms with van der Waals surface area (Å²) in [4.78, 5) is 12.0. The molecule has 2 rings (SSSR count). The summed E-state index contributed by atoms with van der Waals surface area (Å²) in [6.07, 6.45) is 0. The summed E-state index contributed by atoms with van der Waals surface area (Å²) in [6, 6.07) is 6.67. The van der Waals surface area contributed by atoms with Crippen molar-refractivity contribution in [2.75, 3.05) is 18.4 Å². The number of carbonyl (C=O) groups is 1. The summed E-state index contributed by atoms with van der Waals surface area (Å²) in [5.74, 6) is 0.124. The lowest BCUT2D eigenvalue weighted by atomic mass is 9.88. The number of anilines is 1. The number of nitrogens with two attached hydrogens (primary N) is 1. The second-order valence-electron chi connectivity index (χ2n) is 5.20. The standard InChI is InChI=1S/C13H19N3O3S/c1-9(11-6-15-7-11)13(17)16-12-4-2-10(3-5-12)8-20(14,18)19/h2-5,9,11,15H,6-8H2,1H3,(H,16,17)(H2,14,18,19). The molecule has 1 aliphatic heterocycles. The van der Waals surface area contributed by atoms with Crippen molar-refractivity contribution in [1.82, 2.24) is 5.32 Å². The maximum absolute atomic E-state index is 12.0. The number of hydrogen-bond donors (Lipinski definition) is 3. The van der Waals surface area contributed by atoms with Gasteiger partial charge in [0.15, 0.2) is 0 Å². The van der Waals surface area contributed by atoms with Gasteiger partial charge >= 0.3 is 0 Å². The van der Waals surface area contributed by atoms with E-state index in [1.54, 1.807) is 24.3 Å². The van der Waals surface area contributed by atoms with Crippen LogP contribution in [0.4, 0.5) is 5.69 Å². The van der Waals surface area contributed by atoms with Gasteiger partial charge in [-0.2, -0.15) is 0 Å². The smallest absolute Gasteiger partial charge is 0.227 e. The van der Waals surface area contributed by atoms with Crippen molar-refractivity contribution in [2.24, 2.45) is 17.0 Å². The molecule has 1 amide bonds. The van der Waals surface area contributed by atoms with Gasteiger partial charge in [0.05, 0.1) is 5.75 Å². The van der Waals surface area contributed by atoms with E-state index in [1.807, 2.05) is 6.92 Å². The number of sulfonamides is 1. The topological polar surface area (TPSA) is 101 Å². The predicted molar refractivity (Wildman–Crippen MR) is 77.4 cm³/mol. The number of hydrogen-bond acceptors (Lipinski definition) is 4. The van der Waals surface area contributed by atoms with E-state index in [0.29, 0.717) is 17.2 Å². The molecule has 1 unspecified atom stereocenters. The lowest BCUT2D eigenvalue weighted by molar-refractivity contribution is -0.121. The molecule has 110 valence electrons. The molecule has 0 spiro atoms. The Labute approximate surface area is 118 Å². The largest absolute Gasteiger partial charge is 0.326 e. The third-order valence-electron chi connectivity index (χ3n) is 3.52. The summed E-state index contributed by atoms with van der Waals surface area (Å²) >= 11 is 0. The summed E-state index contributed by atoms with van der Waals surface area (Å²) in [7, 11) is -3.53. The Kier molecular flexibility index (Phi) is 4.42. The van der Waals surface area contributed by atoms with Crippen LogP contribution in [0.5, 0.6) is 0 Å². The molecule has 0 saturated carbocycles. The van der Waals surface area contributed by atoms with Gasteiger partial charge in [0.2, 0.25) is 15.9 Å². The van der Waals surface area contributed by atoms with Crippen molar-refractivity contribution in [2.45, 2.75) is 12.7 Å². The normalized spacial score (nSPS) is 17.3. The molecule has 1 aromatic rings. The molecule has 0 aromatic heterocycles. The summed E-state index contributed by atoms with van der Waals surface area (Å²) in [5, 5.41) is 11.0. The van der Waals surface area contributed by atoms with E-state index in [0.717, 1.165) is 13.1 Å². The van der Waals surface area contributed by atoms with Crippen LogP contribution < -0.4 is 15.8 Å². The van der Waals surface area contributed by atoms with Gasteiger partial charge in [-0.05, 0) is 36.7 Å². The van der Waals surface area contributed by atoms with Crippen LogP contribution in [0.15, 0.2) is 24.3 Å². The fraction of sp³-hybridized carbons (Fsp3) is 0.462. The Morgan fingerprint density at radius 2 is 2.00 bits per heavy atom. The van der Waals surface area contributed by atoms with E-state index in [4.69, 9.17) is 5.14 Å². The first-order valence-corrected chi connectivity index (χ1v) is 8.18. The zero-order valence-electron chi connectivity index (χ0n) is 11.3. The number of rotatable bonds is 5. The van der Waals surface area contributed by atoms with Gasteiger partial charge in [-0.3, -0.25) is 4.79 Å². The molecule has 6 nitrogen and oxygen atoms in total. The van der Waals surface area contributed by atoms with Gasteiger partial charge in [0.1, 0.15) is 0 Å². The number of primary sulfonamides is 1. The first-order chi connectivity index (χ1) is 9.35. The minimum absolute atomic E-state index is 0.0179. The second-order valence-corrected chi connectivity index (χ2v) is 6.81. The lowest BCUT2D eigenvalue weighted by Gasteiger charge is -2.31. The highest BCUT2D eigenvalue weighted by molar-refractivity contribution is 7.88. The molecule has 1 aromatic carbocycles. The van der Waals surface area contributed by atoms with E-state index >= 15 is 0 Å². The van der Waals surface area contributed by atoms with Crippen LogP contribution in [-0.4, -0.2) is 27.4 Å². The predicted octanol–water partition coefficient (Wildman–Crippen LogP) is 0.269. The van der Waals surface area contributed by atoms with Crippen LogP contribution in [0.3, 0.4) is 0 Å². The maximum Gasteiger partial charge on any atom is 0.227 e. The fourth-order valence-corrected chi connectivity index (χ4v) is 2.71. The lowest BCUT2D eigenvalue weighted by Crippen LogP contribution is -2.48. The number of benzene rings is 1. The van der Waals surface area contributed by atoms with Crippen LogP contribution in [-0.2, 0) is 20.6 Å². The van der Waals surface area contributed by atoms with Gasteiger partial charge < -0.3 is 10.6 Å². The van der Waals surface area contributed by atoms with Gasteiger partial charge in [0.25, 0.3) is 0 Å². The van der Waals surface area contributed by atoms with E-state index in [-0.39, 0.29) is 17.6 Å². The average molecular weight is 297 g/mol.